The van der Waals surface area contributed by atoms with E-state index in [0.29, 0.717) is 12.0 Å². The number of alkyl halides is 2. The monoisotopic (exact) mass is 247 g/mol. The Kier molecular flexibility index (Phi) is 5.44. The first-order chi connectivity index (χ1) is 8.04. The fourth-order valence-corrected chi connectivity index (χ4v) is 1.51. The molecule has 0 aliphatic heterocycles. The van der Waals surface area contributed by atoms with Gasteiger partial charge in [-0.2, -0.15) is 0 Å². The molecule has 0 aromatic heterocycles. The molecule has 2 unspecified atom stereocenters. The lowest BCUT2D eigenvalue weighted by molar-refractivity contribution is -0.0351. The van der Waals surface area contributed by atoms with Gasteiger partial charge >= 0.3 is 0 Å². The average Bonchev–Trinajstić information content (AvgIpc) is 2.30. The van der Waals surface area contributed by atoms with Crippen molar-refractivity contribution in [2.24, 2.45) is 5.73 Å². The summed E-state index contributed by atoms with van der Waals surface area (Å²) in [7, 11) is 0. The molecule has 0 fully saturated rings. The van der Waals surface area contributed by atoms with Crippen LogP contribution in [0.5, 0.6) is 0 Å². The molecule has 0 spiro atoms. The molecule has 0 heterocycles. The molecule has 0 aliphatic rings. The molecule has 2 N–H and O–H groups in total. The second-order valence-corrected chi connectivity index (χ2v) is 3.77. The molecule has 0 saturated heterocycles. The Labute approximate surface area is 98.6 Å². The van der Waals surface area contributed by atoms with E-state index in [9.17, 15) is 13.2 Å². The van der Waals surface area contributed by atoms with Gasteiger partial charge in [-0.05, 0) is 24.1 Å². The van der Waals surface area contributed by atoms with Crippen LogP contribution in [-0.2, 0) is 4.74 Å². The molecule has 2 nitrogen and oxygen atoms in total. The normalized spacial score (nSPS) is 14.9. The van der Waals surface area contributed by atoms with Gasteiger partial charge in [0.25, 0.3) is 6.43 Å². The van der Waals surface area contributed by atoms with Crippen molar-refractivity contribution in [2.75, 3.05) is 6.61 Å². The van der Waals surface area contributed by atoms with Crippen LogP contribution < -0.4 is 5.73 Å². The Morgan fingerprint density at radius 3 is 2.29 bits per heavy atom. The number of benzene rings is 1. The second-order valence-electron chi connectivity index (χ2n) is 3.77. The summed E-state index contributed by atoms with van der Waals surface area (Å²) >= 11 is 0. The van der Waals surface area contributed by atoms with Crippen molar-refractivity contribution in [2.45, 2.75) is 31.9 Å². The second kappa shape index (κ2) is 6.61. The summed E-state index contributed by atoms with van der Waals surface area (Å²) in [6.07, 6.45) is -2.58. The highest BCUT2D eigenvalue weighted by Crippen LogP contribution is 2.23. The van der Waals surface area contributed by atoms with Crippen LogP contribution in [0.2, 0.25) is 0 Å². The summed E-state index contributed by atoms with van der Waals surface area (Å²) in [5, 5.41) is 0. The SMILES string of the molecule is CCC(N)C(OCC(F)F)c1ccc(F)cc1. The summed E-state index contributed by atoms with van der Waals surface area (Å²) < 4.78 is 42.1. The third kappa shape index (κ3) is 4.36. The number of hydrogen-bond acceptors (Lipinski definition) is 2. The van der Waals surface area contributed by atoms with Crippen molar-refractivity contribution >= 4 is 0 Å². The zero-order valence-electron chi connectivity index (χ0n) is 9.58. The summed E-state index contributed by atoms with van der Waals surface area (Å²) in [5.41, 5.74) is 6.42. The molecule has 96 valence electrons. The van der Waals surface area contributed by atoms with Crippen molar-refractivity contribution < 1.29 is 17.9 Å². The molecular formula is C12H16F3NO. The van der Waals surface area contributed by atoms with E-state index >= 15 is 0 Å². The van der Waals surface area contributed by atoms with E-state index in [4.69, 9.17) is 10.5 Å². The van der Waals surface area contributed by atoms with Crippen molar-refractivity contribution in [3.63, 3.8) is 0 Å². The molecule has 17 heavy (non-hydrogen) atoms. The van der Waals surface area contributed by atoms with Crippen molar-refractivity contribution in [3.05, 3.63) is 35.6 Å². The van der Waals surface area contributed by atoms with Gasteiger partial charge in [0, 0.05) is 6.04 Å². The van der Waals surface area contributed by atoms with Crippen LogP contribution in [0.15, 0.2) is 24.3 Å². The van der Waals surface area contributed by atoms with E-state index in [2.05, 4.69) is 0 Å². The molecule has 0 amide bonds. The molecule has 5 heteroatoms. The Balaban J connectivity index is 2.78. The van der Waals surface area contributed by atoms with Gasteiger partial charge in [-0.25, -0.2) is 13.2 Å². The zero-order chi connectivity index (χ0) is 12.8. The van der Waals surface area contributed by atoms with E-state index in [0.717, 1.165) is 0 Å². The van der Waals surface area contributed by atoms with Crippen LogP contribution in [0, 0.1) is 5.82 Å². The van der Waals surface area contributed by atoms with Gasteiger partial charge in [-0.1, -0.05) is 19.1 Å². The first-order valence-electron chi connectivity index (χ1n) is 5.45. The Bertz CT molecular complexity index is 329. The van der Waals surface area contributed by atoms with E-state index < -0.39 is 19.1 Å². The van der Waals surface area contributed by atoms with E-state index in [1.807, 2.05) is 6.92 Å². The van der Waals surface area contributed by atoms with Gasteiger partial charge in [0.05, 0.1) is 6.10 Å². The van der Waals surface area contributed by atoms with Crippen LogP contribution in [0.25, 0.3) is 0 Å². The van der Waals surface area contributed by atoms with Crippen LogP contribution in [0.4, 0.5) is 13.2 Å². The minimum Gasteiger partial charge on any atom is -0.366 e. The predicted molar refractivity (Wildman–Crippen MR) is 59.4 cm³/mol. The Morgan fingerprint density at radius 2 is 1.82 bits per heavy atom. The topological polar surface area (TPSA) is 35.2 Å². The highest BCUT2D eigenvalue weighted by Gasteiger charge is 2.20. The first kappa shape index (κ1) is 14.0. The minimum absolute atomic E-state index is 0.383. The number of ether oxygens (including phenoxy) is 1. The number of rotatable bonds is 6. The molecule has 2 atom stereocenters. The molecule has 0 bridgehead atoms. The minimum atomic E-state index is -2.54. The van der Waals surface area contributed by atoms with E-state index in [1.165, 1.54) is 24.3 Å². The molecule has 1 aromatic carbocycles. The summed E-state index contributed by atoms with van der Waals surface area (Å²) in [4.78, 5) is 0. The van der Waals surface area contributed by atoms with Gasteiger partial charge in [0.15, 0.2) is 0 Å². The van der Waals surface area contributed by atoms with Crippen LogP contribution in [0.1, 0.15) is 25.0 Å². The third-order valence-electron chi connectivity index (χ3n) is 2.46. The van der Waals surface area contributed by atoms with Gasteiger partial charge in [0.1, 0.15) is 12.4 Å². The van der Waals surface area contributed by atoms with Crippen LogP contribution >= 0.6 is 0 Å². The smallest absolute Gasteiger partial charge is 0.261 e. The largest absolute Gasteiger partial charge is 0.366 e. The molecule has 0 aliphatic carbocycles. The van der Waals surface area contributed by atoms with Crippen molar-refractivity contribution in [3.8, 4) is 0 Å². The van der Waals surface area contributed by atoms with Gasteiger partial charge in [-0.15, -0.1) is 0 Å². The fraction of sp³-hybridized carbons (Fsp3) is 0.500. The third-order valence-corrected chi connectivity index (χ3v) is 2.46. The molecule has 0 saturated carbocycles. The molecular weight excluding hydrogens is 231 g/mol. The number of hydrogen-bond donors (Lipinski definition) is 1. The summed E-state index contributed by atoms with van der Waals surface area (Å²) in [6, 6.07) is 5.13. The average molecular weight is 247 g/mol. The fourth-order valence-electron chi connectivity index (χ4n) is 1.51. The van der Waals surface area contributed by atoms with Gasteiger partial charge in [0.2, 0.25) is 0 Å². The van der Waals surface area contributed by atoms with E-state index in [1.54, 1.807) is 0 Å². The molecule has 1 aromatic rings. The quantitative estimate of drug-likeness (QED) is 0.838. The highest BCUT2D eigenvalue weighted by molar-refractivity contribution is 5.20. The summed E-state index contributed by atoms with van der Waals surface area (Å²) in [6.45, 7) is 1.17. The number of nitrogens with two attached hydrogens (primary N) is 1. The molecule has 1 rings (SSSR count). The summed E-state index contributed by atoms with van der Waals surface area (Å²) in [5.74, 6) is -0.383. The van der Waals surface area contributed by atoms with Gasteiger partial charge < -0.3 is 10.5 Å². The van der Waals surface area contributed by atoms with Crippen LogP contribution in [0.3, 0.4) is 0 Å². The van der Waals surface area contributed by atoms with Gasteiger partial charge in [-0.3, -0.25) is 0 Å². The maximum Gasteiger partial charge on any atom is 0.261 e. The zero-order valence-corrected chi connectivity index (χ0v) is 9.58. The Morgan fingerprint density at radius 1 is 1.24 bits per heavy atom. The number of halogens is 3. The lowest BCUT2D eigenvalue weighted by atomic mass is 10.0. The standard InChI is InChI=1S/C12H16F3NO/c1-2-10(16)12(17-7-11(14)15)8-3-5-9(13)6-4-8/h3-6,10-12H,2,7,16H2,1H3. The lowest BCUT2D eigenvalue weighted by Crippen LogP contribution is -2.30. The lowest BCUT2D eigenvalue weighted by Gasteiger charge is -2.23. The van der Waals surface area contributed by atoms with E-state index in [-0.39, 0.29) is 11.9 Å². The molecule has 0 radical (unpaired) electrons. The predicted octanol–water partition coefficient (Wildman–Crippen LogP) is 2.89. The van der Waals surface area contributed by atoms with Crippen molar-refractivity contribution in [1.82, 2.24) is 0 Å². The first-order valence-corrected chi connectivity index (χ1v) is 5.45. The van der Waals surface area contributed by atoms with Crippen LogP contribution in [-0.4, -0.2) is 19.1 Å². The maximum atomic E-state index is 12.8. The maximum absolute atomic E-state index is 12.8. The highest BCUT2D eigenvalue weighted by atomic mass is 19.3. The van der Waals surface area contributed by atoms with Crippen molar-refractivity contribution in [1.29, 1.82) is 0 Å². The Hall–Kier alpha value is -1.07.